The summed E-state index contributed by atoms with van der Waals surface area (Å²) in [6.45, 7) is 2.55. The molecule has 0 atom stereocenters. The van der Waals surface area contributed by atoms with E-state index >= 15 is 0 Å². The van der Waals surface area contributed by atoms with E-state index in [1.165, 1.54) is 37.7 Å². The number of rotatable bonds is 6. The van der Waals surface area contributed by atoms with Crippen molar-refractivity contribution in [3.05, 3.63) is 46.8 Å². The van der Waals surface area contributed by atoms with Crippen LogP contribution in [0.4, 0.5) is 5.69 Å². The average Bonchev–Trinajstić information content (AvgIpc) is 3.29. The van der Waals surface area contributed by atoms with Gasteiger partial charge in [-0.25, -0.2) is 0 Å². The maximum Gasteiger partial charge on any atom is 0.253 e. The van der Waals surface area contributed by atoms with Crippen molar-refractivity contribution in [3.63, 3.8) is 0 Å². The fourth-order valence-corrected chi connectivity index (χ4v) is 3.44. The van der Waals surface area contributed by atoms with Gasteiger partial charge < -0.3 is 10.6 Å². The third-order valence-corrected chi connectivity index (χ3v) is 5.41. The predicted molar refractivity (Wildman–Crippen MR) is 98.8 cm³/mol. The van der Waals surface area contributed by atoms with Crippen LogP contribution in [0.5, 0.6) is 0 Å². The summed E-state index contributed by atoms with van der Waals surface area (Å²) in [7, 11) is 1.95. The van der Waals surface area contributed by atoms with Crippen molar-refractivity contribution in [3.8, 4) is 0 Å². The van der Waals surface area contributed by atoms with E-state index in [9.17, 15) is 4.79 Å². The van der Waals surface area contributed by atoms with Gasteiger partial charge in [-0.05, 0) is 56.2 Å². The predicted octanol–water partition coefficient (Wildman–Crippen LogP) is 3.50. The van der Waals surface area contributed by atoms with Crippen LogP contribution in [0.3, 0.4) is 0 Å². The molecule has 132 valence electrons. The van der Waals surface area contributed by atoms with Gasteiger partial charge in [0.25, 0.3) is 5.91 Å². The molecule has 0 saturated heterocycles. The standard InChI is InChI=1S/C20H26N4O/c1-13-6-9-18(23-15-7-8-15)16(10-13)20(25)21-12-19-17(11-22-24(19)2)14-4-3-5-14/h6,9-11,14-15,23H,3-5,7-8,12H2,1-2H3,(H,21,25). The van der Waals surface area contributed by atoms with Crippen molar-refractivity contribution in [1.82, 2.24) is 15.1 Å². The summed E-state index contributed by atoms with van der Waals surface area (Å²) in [6.07, 6.45) is 8.12. The molecule has 2 aromatic rings. The minimum atomic E-state index is -0.0207. The Labute approximate surface area is 148 Å². The highest BCUT2D eigenvalue weighted by atomic mass is 16.1. The number of benzene rings is 1. The number of carbonyl (C=O) groups excluding carboxylic acids is 1. The Bertz CT molecular complexity index is 787. The zero-order valence-corrected chi connectivity index (χ0v) is 15.0. The summed E-state index contributed by atoms with van der Waals surface area (Å²) < 4.78 is 1.90. The average molecular weight is 338 g/mol. The summed E-state index contributed by atoms with van der Waals surface area (Å²) >= 11 is 0. The highest BCUT2D eigenvalue weighted by Gasteiger charge is 2.26. The summed E-state index contributed by atoms with van der Waals surface area (Å²) in [5, 5.41) is 11.0. The van der Waals surface area contributed by atoms with E-state index in [-0.39, 0.29) is 5.91 Å². The Morgan fingerprint density at radius 3 is 2.76 bits per heavy atom. The molecule has 0 spiro atoms. The molecule has 0 unspecified atom stereocenters. The van der Waals surface area contributed by atoms with Crippen LogP contribution in [0.2, 0.25) is 0 Å². The number of aromatic nitrogens is 2. The lowest BCUT2D eigenvalue weighted by Crippen LogP contribution is -2.26. The normalized spacial score (nSPS) is 17.2. The molecule has 1 heterocycles. The molecule has 1 amide bonds. The summed E-state index contributed by atoms with van der Waals surface area (Å²) in [4.78, 5) is 12.8. The summed E-state index contributed by atoms with van der Waals surface area (Å²) in [5.41, 5.74) is 5.20. The van der Waals surface area contributed by atoms with Crippen LogP contribution in [-0.2, 0) is 13.6 Å². The lowest BCUT2D eigenvalue weighted by atomic mass is 9.80. The van der Waals surface area contributed by atoms with Gasteiger partial charge in [0.1, 0.15) is 0 Å². The Morgan fingerprint density at radius 1 is 1.28 bits per heavy atom. The van der Waals surface area contributed by atoms with E-state index in [1.807, 2.05) is 37.0 Å². The van der Waals surface area contributed by atoms with Crippen molar-refractivity contribution >= 4 is 11.6 Å². The van der Waals surface area contributed by atoms with E-state index in [4.69, 9.17) is 0 Å². The maximum atomic E-state index is 12.8. The van der Waals surface area contributed by atoms with Gasteiger partial charge in [-0.3, -0.25) is 9.48 Å². The summed E-state index contributed by atoms with van der Waals surface area (Å²) in [6, 6.07) is 6.57. The van der Waals surface area contributed by atoms with Crippen LogP contribution < -0.4 is 10.6 Å². The highest BCUT2D eigenvalue weighted by molar-refractivity contribution is 5.99. The zero-order chi connectivity index (χ0) is 17.4. The molecular formula is C20H26N4O. The first kappa shape index (κ1) is 16.2. The number of hydrogen-bond donors (Lipinski definition) is 2. The quantitative estimate of drug-likeness (QED) is 0.847. The van der Waals surface area contributed by atoms with Crippen LogP contribution in [0.1, 0.15) is 65.2 Å². The molecule has 1 aromatic carbocycles. The molecule has 0 aliphatic heterocycles. The Hall–Kier alpha value is -2.30. The molecule has 4 rings (SSSR count). The largest absolute Gasteiger partial charge is 0.382 e. The van der Waals surface area contributed by atoms with Crippen molar-refractivity contribution in [2.75, 3.05) is 5.32 Å². The number of carbonyl (C=O) groups is 1. The number of nitrogens with one attached hydrogen (secondary N) is 2. The molecule has 2 fully saturated rings. The van der Waals surface area contributed by atoms with E-state index in [0.717, 1.165) is 22.5 Å². The molecule has 5 heteroatoms. The topological polar surface area (TPSA) is 59.0 Å². The second kappa shape index (κ2) is 6.54. The van der Waals surface area contributed by atoms with Crippen molar-refractivity contribution < 1.29 is 4.79 Å². The van der Waals surface area contributed by atoms with Crippen LogP contribution in [0.15, 0.2) is 24.4 Å². The van der Waals surface area contributed by atoms with E-state index in [1.54, 1.807) is 0 Å². The molecule has 2 aliphatic carbocycles. The number of hydrogen-bond acceptors (Lipinski definition) is 3. The van der Waals surface area contributed by atoms with Gasteiger partial charge >= 0.3 is 0 Å². The van der Waals surface area contributed by atoms with Gasteiger partial charge in [-0.1, -0.05) is 18.1 Å². The highest BCUT2D eigenvalue weighted by Crippen LogP contribution is 2.37. The van der Waals surface area contributed by atoms with Gasteiger partial charge in [0, 0.05) is 18.8 Å². The minimum Gasteiger partial charge on any atom is -0.382 e. The maximum absolute atomic E-state index is 12.8. The smallest absolute Gasteiger partial charge is 0.253 e. The van der Waals surface area contributed by atoms with Crippen molar-refractivity contribution in [1.29, 1.82) is 0 Å². The second-order valence-electron chi connectivity index (χ2n) is 7.45. The van der Waals surface area contributed by atoms with Gasteiger partial charge in [-0.15, -0.1) is 0 Å². The third-order valence-electron chi connectivity index (χ3n) is 5.41. The fourth-order valence-electron chi connectivity index (χ4n) is 3.44. The first-order valence-electron chi connectivity index (χ1n) is 9.28. The van der Waals surface area contributed by atoms with Gasteiger partial charge in [0.15, 0.2) is 0 Å². The van der Waals surface area contributed by atoms with Crippen molar-refractivity contribution in [2.45, 2.75) is 57.5 Å². The SMILES string of the molecule is Cc1ccc(NC2CC2)c(C(=O)NCc2c(C3CCC3)cnn2C)c1. The molecule has 0 bridgehead atoms. The molecular weight excluding hydrogens is 312 g/mol. The van der Waals surface area contributed by atoms with Gasteiger partial charge in [-0.2, -0.15) is 5.10 Å². The molecule has 0 radical (unpaired) electrons. The summed E-state index contributed by atoms with van der Waals surface area (Å²) in [5.74, 6) is 0.597. The molecule has 2 N–H and O–H groups in total. The molecule has 5 nitrogen and oxygen atoms in total. The number of nitrogens with zero attached hydrogens (tertiary/aromatic N) is 2. The van der Waals surface area contributed by atoms with Gasteiger partial charge in [0.2, 0.25) is 0 Å². The van der Waals surface area contributed by atoms with E-state index < -0.39 is 0 Å². The number of anilines is 1. The molecule has 2 saturated carbocycles. The van der Waals surface area contributed by atoms with Crippen LogP contribution in [-0.4, -0.2) is 21.7 Å². The minimum absolute atomic E-state index is 0.0207. The van der Waals surface area contributed by atoms with Crippen LogP contribution >= 0.6 is 0 Å². The number of aryl methyl sites for hydroxylation is 2. The fraction of sp³-hybridized carbons (Fsp3) is 0.500. The Kier molecular flexibility index (Phi) is 4.24. The lowest BCUT2D eigenvalue weighted by molar-refractivity contribution is 0.0950. The van der Waals surface area contributed by atoms with E-state index in [2.05, 4.69) is 21.8 Å². The molecule has 25 heavy (non-hydrogen) atoms. The molecule has 1 aromatic heterocycles. The van der Waals surface area contributed by atoms with Gasteiger partial charge in [0.05, 0.1) is 24.0 Å². The Balaban J connectivity index is 1.49. The zero-order valence-electron chi connectivity index (χ0n) is 15.0. The number of amides is 1. The third kappa shape index (κ3) is 3.41. The lowest BCUT2D eigenvalue weighted by Gasteiger charge is -2.25. The van der Waals surface area contributed by atoms with Crippen LogP contribution in [0.25, 0.3) is 0 Å². The van der Waals surface area contributed by atoms with Crippen LogP contribution in [0, 0.1) is 6.92 Å². The first-order chi connectivity index (χ1) is 12.1. The monoisotopic (exact) mass is 338 g/mol. The molecule has 2 aliphatic rings. The Morgan fingerprint density at radius 2 is 2.08 bits per heavy atom. The first-order valence-corrected chi connectivity index (χ1v) is 9.28. The van der Waals surface area contributed by atoms with Crippen molar-refractivity contribution in [2.24, 2.45) is 7.05 Å². The van der Waals surface area contributed by atoms with E-state index in [0.29, 0.717) is 18.5 Å². The second-order valence-corrected chi connectivity index (χ2v) is 7.45.